The molecule has 0 aromatic rings. The third-order valence-electron chi connectivity index (χ3n) is 0. The third-order valence-corrected chi connectivity index (χ3v) is 0. The summed E-state index contributed by atoms with van der Waals surface area (Å²) in [5.41, 5.74) is 0. The van der Waals surface area contributed by atoms with Crippen LogP contribution in [0.5, 0.6) is 0 Å². The maximum atomic E-state index is 0. The predicted octanol–water partition coefficient (Wildman–Crippen LogP) is -3.50. The molecule has 0 atom stereocenters. The first-order valence-electron chi connectivity index (χ1n) is 0. The van der Waals surface area contributed by atoms with E-state index in [9.17, 15) is 0 Å². The number of rotatable bonds is 0. The molecular weight excluding hydrogens is 127 g/mol. The van der Waals surface area contributed by atoms with Crippen LogP contribution in [0.2, 0.25) is 0 Å². The molecule has 0 aromatic carbocycles. The van der Waals surface area contributed by atoms with Crippen LogP contribution < -0.4 is 4.70 Å². The molecule has 16 valence electrons. The Morgan fingerprint density at radius 1 is 1.00 bits per heavy atom. The zero-order valence-electron chi connectivity index (χ0n) is 2.07. The normalized spacial score (nSPS) is 0. The molecule has 0 saturated carbocycles. The van der Waals surface area contributed by atoms with Gasteiger partial charge in [0.25, 0.3) is 0 Å². The summed E-state index contributed by atoms with van der Waals surface area (Å²) in [4.78, 5) is 0. The van der Waals surface area contributed by atoms with E-state index in [4.69, 9.17) is 0 Å². The Bertz CT molecular complexity index is 8.00. The van der Waals surface area contributed by atoms with E-state index < -0.39 is 0 Å². The summed E-state index contributed by atoms with van der Waals surface area (Å²) in [6.45, 7) is 0. The maximum Gasteiger partial charge on any atom is 3.00 e. The molecule has 0 amide bonds. The number of hydrogen-bond acceptors (Lipinski definition) is 0. The average molecular weight is 127 g/mol. The van der Waals surface area contributed by atoms with E-state index in [1.54, 1.807) is 0 Å². The Labute approximate surface area is 47.3 Å². The molecule has 1 nitrogen and oxygen atoms in total. The van der Waals surface area contributed by atoms with Gasteiger partial charge in [0.15, 0.2) is 0 Å². The molecule has 0 radical (unpaired) electrons. The van der Waals surface area contributed by atoms with Crippen LogP contribution in [0.3, 0.4) is 0 Å². The van der Waals surface area contributed by atoms with E-state index in [0.29, 0.717) is 0 Å². The molecule has 0 rings (SSSR count). The molecule has 0 bridgehead atoms. The molecule has 0 saturated heterocycles. The van der Waals surface area contributed by atoms with Gasteiger partial charge >= 0.3 is 36.8 Å². The van der Waals surface area contributed by atoms with Crippen LogP contribution in [0.15, 0.2) is 0 Å². The van der Waals surface area contributed by atoms with Crippen LogP contribution >= 0.6 is 0 Å². The zero-order chi connectivity index (χ0) is 0. The van der Waals surface area contributed by atoms with Crippen molar-refractivity contribution in [3.8, 4) is 0 Å². The SMILES string of the molecule is [Al+3].[F-].[O-2].[Zn+2]. The molecule has 0 aliphatic rings. The Morgan fingerprint density at radius 3 is 1.00 bits per heavy atom. The van der Waals surface area contributed by atoms with Gasteiger partial charge in [-0.05, 0) is 0 Å². The summed E-state index contributed by atoms with van der Waals surface area (Å²) in [6.07, 6.45) is 0. The van der Waals surface area contributed by atoms with Gasteiger partial charge in [-0.3, -0.25) is 0 Å². The minimum Gasteiger partial charge on any atom is -2.00 e. The standard InChI is InChI=1S/Al.FH.O.Zn/h;1H;;/q+3;;-2;+2/p-1. The quantitative estimate of drug-likeness (QED) is 0.302. The first-order chi connectivity index (χ1) is 0. The minimum absolute atomic E-state index is 0. The van der Waals surface area contributed by atoms with E-state index in [2.05, 4.69) is 0 Å². The molecule has 0 aliphatic heterocycles. The van der Waals surface area contributed by atoms with E-state index in [1.165, 1.54) is 0 Å². The van der Waals surface area contributed by atoms with Crippen molar-refractivity contribution in [3.05, 3.63) is 0 Å². The van der Waals surface area contributed by atoms with Gasteiger partial charge in [-0.1, -0.05) is 0 Å². The fraction of sp³-hybridized carbons (Fsp3) is 0. The largest absolute Gasteiger partial charge is 3.00 e. The van der Waals surface area contributed by atoms with Crippen molar-refractivity contribution in [2.45, 2.75) is 0 Å². The van der Waals surface area contributed by atoms with E-state index in [1.807, 2.05) is 0 Å². The first-order valence-corrected chi connectivity index (χ1v) is 0. The summed E-state index contributed by atoms with van der Waals surface area (Å²) in [7, 11) is 0. The zero-order valence-corrected chi connectivity index (χ0v) is 6.19. The van der Waals surface area contributed by atoms with Gasteiger partial charge in [0.2, 0.25) is 0 Å². The van der Waals surface area contributed by atoms with Gasteiger partial charge in [-0.25, -0.2) is 0 Å². The molecule has 4 heteroatoms. The fourth-order valence-electron chi connectivity index (χ4n) is 0. The van der Waals surface area contributed by atoms with Crippen LogP contribution in [0.25, 0.3) is 0 Å². The number of hydrogen-bond donors (Lipinski definition) is 0. The van der Waals surface area contributed by atoms with Gasteiger partial charge in [-0.15, -0.1) is 0 Å². The summed E-state index contributed by atoms with van der Waals surface area (Å²) >= 11 is 0. The molecule has 0 spiro atoms. The van der Waals surface area contributed by atoms with Gasteiger partial charge < -0.3 is 10.2 Å². The van der Waals surface area contributed by atoms with Crippen molar-refractivity contribution in [3.63, 3.8) is 0 Å². The van der Waals surface area contributed by atoms with Crippen molar-refractivity contribution >= 4 is 17.4 Å². The Hall–Kier alpha value is 1.05. The van der Waals surface area contributed by atoms with Crippen LogP contribution in [0.4, 0.5) is 0 Å². The second-order valence-corrected chi connectivity index (χ2v) is 0. The average Bonchev–Trinajstić information content (AvgIpc) is 0. The Morgan fingerprint density at radius 2 is 1.00 bits per heavy atom. The van der Waals surface area contributed by atoms with E-state index in [0.717, 1.165) is 0 Å². The fourth-order valence-corrected chi connectivity index (χ4v) is 0. The van der Waals surface area contributed by atoms with Gasteiger partial charge in [0.1, 0.15) is 0 Å². The van der Waals surface area contributed by atoms with Crippen LogP contribution in [0, 0.1) is 0 Å². The maximum absolute atomic E-state index is 0. The summed E-state index contributed by atoms with van der Waals surface area (Å²) < 4.78 is 0. The monoisotopic (exact) mass is 126 g/mol. The summed E-state index contributed by atoms with van der Waals surface area (Å²) in [6, 6.07) is 0. The van der Waals surface area contributed by atoms with Crippen LogP contribution in [-0.4, -0.2) is 17.4 Å². The molecule has 0 fully saturated rings. The van der Waals surface area contributed by atoms with E-state index >= 15 is 0 Å². The van der Waals surface area contributed by atoms with E-state index in [-0.39, 0.29) is 47.0 Å². The van der Waals surface area contributed by atoms with Gasteiger partial charge in [0, 0.05) is 0 Å². The second kappa shape index (κ2) is 34.3. The topological polar surface area (TPSA) is 28.5 Å². The second-order valence-electron chi connectivity index (χ2n) is 0. The van der Waals surface area contributed by atoms with Crippen molar-refractivity contribution in [2.75, 3.05) is 0 Å². The molecule has 0 N–H and O–H groups in total. The van der Waals surface area contributed by atoms with Crippen LogP contribution in [0.1, 0.15) is 0 Å². The van der Waals surface area contributed by atoms with Crippen molar-refractivity contribution < 1.29 is 29.7 Å². The van der Waals surface area contributed by atoms with Crippen molar-refractivity contribution in [2.24, 2.45) is 0 Å². The first kappa shape index (κ1) is 75.5. The van der Waals surface area contributed by atoms with Gasteiger partial charge in [-0.2, -0.15) is 0 Å². The van der Waals surface area contributed by atoms with Gasteiger partial charge in [0.05, 0.1) is 0 Å². The smallest absolute Gasteiger partial charge is 2.00 e. The summed E-state index contributed by atoms with van der Waals surface area (Å²) in [5, 5.41) is 0. The van der Waals surface area contributed by atoms with Crippen molar-refractivity contribution in [1.29, 1.82) is 0 Å². The molecular formula is AlFOZn+2. The molecule has 0 aliphatic carbocycles. The molecule has 4 heavy (non-hydrogen) atoms. The Kier molecular flexibility index (Phi) is 648. The van der Waals surface area contributed by atoms with Crippen LogP contribution in [-0.2, 0) is 25.0 Å². The molecule has 0 aromatic heterocycles. The Balaban J connectivity index is 0. The predicted molar refractivity (Wildman–Crippen MR) is 6.44 cm³/mol. The third kappa shape index (κ3) is 11.7. The number of halogens is 1. The minimum atomic E-state index is 0. The summed E-state index contributed by atoms with van der Waals surface area (Å²) in [5.74, 6) is 0. The van der Waals surface area contributed by atoms with Crippen molar-refractivity contribution in [1.82, 2.24) is 0 Å². The molecule has 0 heterocycles. The molecule has 0 unspecified atom stereocenters.